The molecule has 56 valence electrons. The Labute approximate surface area is 58.9 Å². The summed E-state index contributed by atoms with van der Waals surface area (Å²) in [7, 11) is 0. The van der Waals surface area contributed by atoms with E-state index in [1.165, 1.54) is 0 Å². The van der Waals surface area contributed by atoms with Gasteiger partial charge in [0.15, 0.2) is 0 Å². The molecule has 0 aliphatic carbocycles. The van der Waals surface area contributed by atoms with Crippen molar-refractivity contribution in [1.82, 2.24) is 10.6 Å². The third-order valence-corrected chi connectivity index (χ3v) is 2.07. The molecule has 0 aromatic carbocycles. The van der Waals surface area contributed by atoms with Gasteiger partial charge in [0.05, 0.1) is 12.6 Å². The Balaban J connectivity index is 2.03. The molecule has 2 fully saturated rings. The molecule has 1 amide bonds. The molecule has 0 unspecified atom stereocenters. The van der Waals surface area contributed by atoms with Crippen LogP contribution >= 0.6 is 0 Å². The Hall–Kier alpha value is -0.770. The average molecular weight is 142 g/mol. The number of carbonyl (C=O) groups excluding carboxylic acids is 1. The molecule has 2 saturated heterocycles. The lowest BCUT2D eigenvalue weighted by Gasteiger charge is -2.24. The van der Waals surface area contributed by atoms with E-state index in [2.05, 4.69) is 10.6 Å². The minimum atomic E-state index is -0.273. The second-order valence-corrected chi connectivity index (χ2v) is 2.77. The van der Waals surface area contributed by atoms with E-state index in [9.17, 15) is 4.79 Å². The fourth-order valence-electron chi connectivity index (χ4n) is 1.45. The van der Waals surface area contributed by atoms with E-state index < -0.39 is 0 Å². The molecule has 0 aromatic rings. The third-order valence-electron chi connectivity index (χ3n) is 2.07. The Bertz CT molecular complexity index is 160. The van der Waals surface area contributed by atoms with E-state index in [1.54, 1.807) is 0 Å². The van der Waals surface area contributed by atoms with Crippen molar-refractivity contribution >= 4 is 6.09 Å². The van der Waals surface area contributed by atoms with Crippen LogP contribution in [-0.2, 0) is 4.74 Å². The van der Waals surface area contributed by atoms with E-state index in [4.69, 9.17) is 4.74 Å². The second kappa shape index (κ2) is 2.12. The molecule has 2 N–H and O–H groups in total. The molecule has 0 saturated carbocycles. The number of cyclic esters (lactones) is 1. The summed E-state index contributed by atoms with van der Waals surface area (Å²) in [6.45, 7) is 2.42. The summed E-state index contributed by atoms with van der Waals surface area (Å²) in [6, 6.07) is 0.307. The van der Waals surface area contributed by atoms with Gasteiger partial charge in [0.2, 0.25) is 0 Å². The second-order valence-electron chi connectivity index (χ2n) is 2.77. The zero-order valence-corrected chi connectivity index (χ0v) is 5.59. The maximum atomic E-state index is 10.6. The molecule has 0 radical (unpaired) electrons. The standard InChI is InChI=1S/C6H10N2O2/c9-6-8-5-2-7-1-4(5)3-10-6/h4-5,7H,1-3H2,(H,8,9)/t4-,5-/m0/s1. The molecule has 2 atom stereocenters. The van der Waals surface area contributed by atoms with Gasteiger partial charge in [-0.15, -0.1) is 0 Å². The van der Waals surface area contributed by atoms with Crippen molar-refractivity contribution in [3.05, 3.63) is 0 Å². The normalized spacial score (nSPS) is 38.2. The number of fused-ring (bicyclic) bond motifs is 1. The largest absolute Gasteiger partial charge is 0.449 e. The first-order valence-electron chi connectivity index (χ1n) is 3.50. The Morgan fingerprint density at radius 3 is 3.30 bits per heavy atom. The number of nitrogens with one attached hydrogen (secondary N) is 2. The van der Waals surface area contributed by atoms with Crippen LogP contribution in [0.5, 0.6) is 0 Å². The molecule has 2 aliphatic rings. The monoisotopic (exact) mass is 142 g/mol. The summed E-state index contributed by atoms with van der Waals surface area (Å²) >= 11 is 0. The quantitative estimate of drug-likeness (QED) is 0.471. The van der Waals surface area contributed by atoms with Crippen molar-refractivity contribution in [3.8, 4) is 0 Å². The predicted molar refractivity (Wildman–Crippen MR) is 34.6 cm³/mol. The number of hydrogen-bond acceptors (Lipinski definition) is 3. The van der Waals surface area contributed by atoms with Crippen molar-refractivity contribution in [2.75, 3.05) is 19.7 Å². The highest BCUT2D eigenvalue weighted by atomic mass is 16.6. The number of carbonyl (C=O) groups is 1. The highest BCUT2D eigenvalue weighted by Gasteiger charge is 2.33. The molecule has 0 bridgehead atoms. The van der Waals surface area contributed by atoms with Crippen LogP contribution in [0.2, 0.25) is 0 Å². The van der Waals surface area contributed by atoms with E-state index in [0.29, 0.717) is 18.6 Å². The van der Waals surface area contributed by atoms with Crippen LogP contribution in [0, 0.1) is 5.92 Å². The number of rotatable bonds is 0. The summed E-state index contributed by atoms with van der Waals surface area (Å²) in [5, 5.41) is 5.94. The maximum Gasteiger partial charge on any atom is 0.407 e. The first-order valence-corrected chi connectivity index (χ1v) is 3.50. The number of alkyl carbamates (subject to hydrolysis) is 1. The van der Waals surface area contributed by atoms with Gasteiger partial charge in [-0.1, -0.05) is 0 Å². The fourth-order valence-corrected chi connectivity index (χ4v) is 1.45. The van der Waals surface area contributed by atoms with Gasteiger partial charge < -0.3 is 15.4 Å². The van der Waals surface area contributed by atoms with Crippen LogP contribution in [0.1, 0.15) is 0 Å². The van der Waals surface area contributed by atoms with Gasteiger partial charge in [-0.3, -0.25) is 0 Å². The zero-order valence-electron chi connectivity index (χ0n) is 5.59. The van der Waals surface area contributed by atoms with Crippen LogP contribution in [0.15, 0.2) is 0 Å². The Kier molecular flexibility index (Phi) is 1.27. The molecule has 2 aliphatic heterocycles. The van der Waals surface area contributed by atoms with E-state index >= 15 is 0 Å². The molecule has 10 heavy (non-hydrogen) atoms. The van der Waals surface area contributed by atoms with Crippen molar-refractivity contribution in [2.45, 2.75) is 6.04 Å². The topological polar surface area (TPSA) is 50.4 Å². The number of amides is 1. The highest BCUT2D eigenvalue weighted by molar-refractivity contribution is 5.68. The van der Waals surface area contributed by atoms with Crippen molar-refractivity contribution in [3.63, 3.8) is 0 Å². The maximum absolute atomic E-state index is 10.6. The molecule has 0 aromatic heterocycles. The zero-order chi connectivity index (χ0) is 6.97. The van der Waals surface area contributed by atoms with Crippen LogP contribution < -0.4 is 10.6 Å². The van der Waals surface area contributed by atoms with Crippen molar-refractivity contribution < 1.29 is 9.53 Å². The lowest BCUT2D eigenvalue weighted by Crippen LogP contribution is -2.47. The van der Waals surface area contributed by atoms with Crippen LogP contribution in [0.3, 0.4) is 0 Å². The molecule has 4 heteroatoms. The Morgan fingerprint density at radius 1 is 1.50 bits per heavy atom. The summed E-state index contributed by atoms with van der Waals surface area (Å²) < 4.78 is 4.80. The van der Waals surface area contributed by atoms with Crippen molar-refractivity contribution in [2.24, 2.45) is 5.92 Å². The highest BCUT2D eigenvalue weighted by Crippen LogP contribution is 2.13. The molecule has 0 spiro atoms. The SMILES string of the molecule is O=C1N[C@H]2CNC[C@H]2CO1. The lowest BCUT2D eigenvalue weighted by atomic mass is 10.0. The minimum absolute atomic E-state index is 0.273. The van der Waals surface area contributed by atoms with Gasteiger partial charge in [0, 0.05) is 19.0 Å². The van der Waals surface area contributed by atoms with Gasteiger partial charge in [-0.05, 0) is 0 Å². The van der Waals surface area contributed by atoms with Crippen molar-refractivity contribution in [1.29, 1.82) is 0 Å². The third kappa shape index (κ3) is 0.844. The van der Waals surface area contributed by atoms with E-state index in [0.717, 1.165) is 13.1 Å². The molecule has 2 heterocycles. The smallest absolute Gasteiger partial charge is 0.407 e. The van der Waals surface area contributed by atoms with E-state index in [-0.39, 0.29) is 6.09 Å². The van der Waals surface area contributed by atoms with Gasteiger partial charge in [0.25, 0.3) is 0 Å². The average Bonchev–Trinajstić information content (AvgIpc) is 2.33. The number of ether oxygens (including phenoxy) is 1. The Morgan fingerprint density at radius 2 is 2.40 bits per heavy atom. The van der Waals surface area contributed by atoms with Gasteiger partial charge in [0.1, 0.15) is 0 Å². The fraction of sp³-hybridized carbons (Fsp3) is 0.833. The van der Waals surface area contributed by atoms with Crippen LogP contribution in [0.25, 0.3) is 0 Å². The van der Waals surface area contributed by atoms with Gasteiger partial charge in [-0.2, -0.15) is 0 Å². The minimum Gasteiger partial charge on any atom is -0.449 e. The summed E-state index contributed by atoms with van der Waals surface area (Å²) in [5.41, 5.74) is 0. The van der Waals surface area contributed by atoms with Crippen LogP contribution in [-0.4, -0.2) is 31.8 Å². The lowest BCUT2D eigenvalue weighted by molar-refractivity contribution is 0.0951. The first-order chi connectivity index (χ1) is 4.86. The molecule has 4 nitrogen and oxygen atoms in total. The van der Waals surface area contributed by atoms with Crippen LogP contribution in [0.4, 0.5) is 4.79 Å². The van der Waals surface area contributed by atoms with Gasteiger partial charge >= 0.3 is 6.09 Å². The molecular weight excluding hydrogens is 132 g/mol. The predicted octanol–water partition coefficient (Wildman–Crippen LogP) is -0.686. The number of hydrogen-bond donors (Lipinski definition) is 2. The summed E-state index contributed by atoms with van der Waals surface area (Å²) in [5.74, 6) is 0.484. The summed E-state index contributed by atoms with van der Waals surface area (Å²) in [4.78, 5) is 10.6. The first kappa shape index (κ1) is 5.97. The molecular formula is C6H10N2O2. The van der Waals surface area contributed by atoms with Gasteiger partial charge in [-0.25, -0.2) is 4.79 Å². The van der Waals surface area contributed by atoms with E-state index in [1.807, 2.05) is 0 Å². The molecule has 2 rings (SSSR count). The summed E-state index contributed by atoms with van der Waals surface area (Å²) in [6.07, 6.45) is -0.273.